The summed E-state index contributed by atoms with van der Waals surface area (Å²) in [5.41, 5.74) is 10.6. The predicted molar refractivity (Wildman–Crippen MR) is 273 cm³/mol. The standard InChI is InChI=1S/C60H41N3Si/c1-4-18-45(19-5-1)64(46-20-6-2-7-21-46,47-22-8-3-9-23-47)48-36-32-42(33-37-48)61-57-30-16-12-26-51(57)53-41-44(34-38-59(53)61)63-58-31-17-13-27-52(58)54-40-43(35-39-60(54)63)62-55-28-14-10-24-49(55)50-25-11-15-29-56(50)62/h1-41H. The summed E-state index contributed by atoms with van der Waals surface area (Å²) in [7, 11) is -2.66. The summed E-state index contributed by atoms with van der Waals surface area (Å²) in [5, 5.41) is 13.0. The van der Waals surface area contributed by atoms with Gasteiger partial charge in [0, 0.05) is 49.4 Å². The summed E-state index contributed by atoms with van der Waals surface area (Å²) in [5.74, 6) is 0. The highest BCUT2D eigenvalue weighted by molar-refractivity contribution is 7.19. The second-order valence-corrected chi connectivity index (χ2v) is 20.7. The number of hydrogen-bond donors (Lipinski definition) is 0. The Labute approximate surface area is 372 Å². The highest BCUT2D eigenvalue weighted by Crippen LogP contribution is 2.39. The van der Waals surface area contributed by atoms with E-state index in [0.29, 0.717) is 0 Å². The van der Waals surface area contributed by atoms with Gasteiger partial charge in [-0.1, -0.05) is 176 Å². The van der Waals surface area contributed by atoms with E-state index in [2.05, 4.69) is 262 Å². The minimum atomic E-state index is -2.66. The fourth-order valence-corrected chi connectivity index (χ4v) is 15.6. The van der Waals surface area contributed by atoms with Crippen molar-refractivity contribution in [2.24, 2.45) is 0 Å². The molecule has 0 amide bonds. The van der Waals surface area contributed by atoms with E-state index < -0.39 is 8.07 Å². The molecule has 3 nitrogen and oxygen atoms in total. The lowest BCUT2D eigenvalue weighted by Crippen LogP contribution is -2.74. The van der Waals surface area contributed by atoms with Crippen LogP contribution in [-0.4, -0.2) is 21.8 Å². The van der Waals surface area contributed by atoms with Gasteiger partial charge in [0.1, 0.15) is 0 Å². The molecule has 13 rings (SSSR count). The van der Waals surface area contributed by atoms with Gasteiger partial charge in [0.15, 0.2) is 8.07 Å². The third kappa shape index (κ3) is 5.33. The van der Waals surface area contributed by atoms with Gasteiger partial charge in [-0.05, 0) is 93.5 Å². The molecule has 10 aromatic carbocycles. The summed E-state index contributed by atoms with van der Waals surface area (Å²) in [6, 6.07) is 92.1. The molecule has 300 valence electrons. The lowest BCUT2D eigenvalue weighted by atomic mass is 10.1. The molecule has 0 radical (unpaired) electrons. The topological polar surface area (TPSA) is 14.8 Å². The Balaban J connectivity index is 0.974. The number of fused-ring (bicyclic) bond motifs is 9. The van der Waals surface area contributed by atoms with Crippen LogP contribution < -0.4 is 20.7 Å². The van der Waals surface area contributed by atoms with Gasteiger partial charge in [0.05, 0.1) is 33.1 Å². The van der Waals surface area contributed by atoms with E-state index in [4.69, 9.17) is 0 Å². The van der Waals surface area contributed by atoms with Crippen LogP contribution in [0, 0.1) is 0 Å². The molecule has 3 aromatic heterocycles. The zero-order valence-electron chi connectivity index (χ0n) is 35.0. The van der Waals surface area contributed by atoms with Crippen LogP contribution in [0.25, 0.3) is 82.5 Å². The van der Waals surface area contributed by atoms with Gasteiger partial charge in [0.25, 0.3) is 0 Å². The normalized spacial score (nSPS) is 12.1. The van der Waals surface area contributed by atoms with Crippen LogP contribution in [0.3, 0.4) is 0 Å². The number of benzene rings is 10. The summed E-state index contributed by atoms with van der Waals surface area (Å²) < 4.78 is 7.30. The molecule has 0 atom stereocenters. The van der Waals surface area contributed by atoms with Crippen LogP contribution in [0.5, 0.6) is 0 Å². The molecule has 0 aliphatic carbocycles. The summed E-state index contributed by atoms with van der Waals surface area (Å²) in [4.78, 5) is 0. The van der Waals surface area contributed by atoms with Crippen molar-refractivity contribution in [2.75, 3.05) is 0 Å². The molecule has 0 saturated heterocycles. The molecule has 0 aliphatic rings. The second-order valence-electron chi connectivity index (χ2n) is 16.9. The van der Waals surface area contributed by atoms with Gasteiger partial charge in [0.2, 0.25) is 0 Å². The monoisotopic (exact) mass is 831 g/mol. The first-order chi connectivity index (χ1) is 31.8. The average Bonchev–Trinajstić information content (AvgIpc) is 4.01. The number of para-hydroxylation sites is 4. The molecule has 0 N–H and O–H groups in total. The fourth-order valence-electron chi connectivity index (χ4n) is 10.9. The molecular formula is C60H41N3Si. The average molecular weight is 832 g/mol. The number of hydrogen-bond acceptors (Lipinski definition) is 0. The van der Waals surface area contributed by atoms with Crippen molar-refractivity contribution >= 4 is 94.2 Å². The maximum Gasteiger partial charge on any atom is 0.179 e. The van der Waals surface area contributed by atoms with Gasteiger partial charge < -0.3 is 13.7 Å². The van der Waals surface area contributed by atoms with Crippen molar-refractivity contribution in [2.45, 2.75) is 0 Å². The van der Waals surface area contributed by atoms with Crippen molar-refractivity contribution in [1.29, 1.82) is 0 Å². The van der Waals surface area contributed by atoms with Crippen molar-refractivity contribution in [1.82, 2.24) is 13.7 Å². The zero-order chi connectivity index (χ0) is 42.2. The number of nitrogens with zero attached hydrogens (tertiary/aromatic N) is 3. The van der Waals surface area contributed by atoms with Gasteiger partial charge in [-0.3, -0.25) is 0 Å². The van der Waals surface area contributed by atoms with E-state index >= 15 is 0 Å². The van der Waals surface area contributed by atoms with Gasteiger partial charge in [-0.15, -0.1) is 0 Å². The van der Waals surface area contributed by atoms with Crippen LogP contribution >= 0.6 is 0 Å². The van der Waals surface area contributed by atoms with Crippen LogP contribution in [0.4, 0.5) is 0 Å². The quantitative estimate of drug-likeness (QED) is 0.112. The van der Waals surface area contributed by atoms with E-state index in [1.807, 2.05) is 0 Å². The first-order valence-corrected chi connectivity index (χ1v) is 24.1. The maximum absolute atomic E-state index is 2.66. The first-order valence-electron chi connectivity index (χ1n) is 22.1. The van der Waals surface area contributed by atoms with E-state index in [0.717, 1.165) is 17.1 Å². The van der Waals surface area contributed by atoms with Crippen molar-refractivity contribution in [3.8, 4) is 17.1 Å². The third-order valence-corrected chi connectivity index (χ3v) is 18.4. The van der Waals surface area contributed by atoms with E-state index in [1.54, 1.807) is 0 Å². The Morgan fingerprint density at radius 1 is 0.203 bits per heavy atom. The summed E-state index contributed by atoms with van der Waals surface area (Å²) >= 11 is 0. The van der Waals surface area contributed by atoms with Gasteiger partial charge in [-0.25, -0.2) is 0 Å². The van der Waals surface area contributed by atoms with Crippen molar-refractivity contribution in [3.63, 3.8) is 0 Å². The van der Waals surface area contributed by atoms with Crippen LogP contribution in [0.2, 0.25) is 0 Å². The third-order valence-electron chi connectivity index (χ3n) is 13.6. The van der Waals surface area contributed by atoms with E-state index in [1.165, 1.54) is 86.2 Å². The molecule has 0 saturated carbocycles. The lowest BCUT2D eigenvalue weighted by molar-refractivity contribution is 1.16. The molecule has 3 heterocycles. The van der Waals surface area contributed by atoms with Crippen LogP contribution in [0.15, 0.2) is 249 Å². The van der Waals surface area contributed by atoms with Crippen LogP contribution in [-0.2, 0) is 0 Å². The Hall–Kier alpha value is -8.18. The Bertz CT molecular complexity index is 3730. The van der Waals surface area contributed by atoms with Gasteiger partial charge in [-0.2, -0.15) is 0 Å². The smallest absolute Gasteiger partial charge is 0.179 e. The minimum absolute atomic E-state index is 1.14. The molecule has 0 unspecified atom stereocenters. The van der Waals surface area contributed by atoms with Crippen molar-refractivity contribution in [3.05, 3.63) is 249 Å². The molecule has 4 heteroatoms. The molecule has 64 heavy (non-hydrogen) atoms. The predicted octanol–water partition coefficient (Wildman–Crippen LogP) is 12.4. The molecule has 0 aliphatic heterocycles. The van der Waals surface area contributed by atoms with E-state index in [9.17, 15) is 0 Å². The minimum Gasteiger partial charge on any atom is -0.309 e. The lowest BCUT2D eigenvalue weighted by Gasteiger charge is -2.34. The molecule has 0 fully saturated rings. The summed E-state index contributed by atoms with van der Waals surface area (Å²) in [6.07, 6.45) is 0. The SMILES string of the molecule is c1ccc([Si](c2ccccc2)(c2ccccc2)c2ccc(-n3c4ccccc4c4cc(-n5c6ccccc6c6cc(-n7c8ccccc8c8ccccc87)ccc65)ccc43)cc2)cc1. The number of aromatic nitrogens is 3. The Kier molecular flexibility index (Phi) is 8.23. The first kappa shape index (κ1) is 36.5. The Morgan fingerprint density at radius 2 is 0.469 bits per heavy atom. The van der Waals surface area contributed by atoms with Crippen LogP contribution in [0.1, 0.15) is 0 Å². The zero-order valence-corrected chi connectivity index (χ0v) is 36.0. The Morgan fingerprint density at radius 3 is 0.844 bits per heavy atom. The maximum atomic E-state index is 2.45. The highest BCUT2D eigenvalue weighted by atomic mass is 28.3. The summed E-state index contributed by atoms with van der Waals surface area (Å²) in [6.45, 7) is 0. The second kappa shape index (κ2) is 14.5. The highest BCUT2D eigenvalue weighted by Gasteiger charge is 2.41. The molecule has 0 spiro atoms. The molecular weight excluding hydrogens is 791 g/mol. The molecule has 13 aromatic rings. The van der Waals surface area contributed by atoms with Crippen molar-refractivity contribution < 1.29 is 0 Å². The van der Waals surface area contributed by atoms with Gasteiger partial charge >= 0.3 is 0 Å². The molecule has 0 bridgehead atoms. The largest absolute Gasteiger partial charge is 0.309 e. The fraction of sp³-hybridized carbons (Fsp3) is 0. The number of rotatable bonds is 7. The van der Waals surface area contributed by atoms with E-state index in [-0.39, 0.29) is 0 Å².